The molecule has 0 saturated carbocycles. The molecule has 6 nitrogen and oxygen atoms in total. The van der Waals surface area contributed by atoms with Crippen LogP contribution in [0.4, 0.5) is 0 Å². The van der Waals surface area contributed by atoms with Crippen molar-refractivity contribution in [1.82, 2.24) is 4.90 Å². The maximum Gasteiger partial charge on any atom is 0.303 e. The third-order valence-electron chi connectivity index (χ3n) is 2.87. The third-order valence-corrected chi connectivity index (χ3v) is 2.87. The van der Waals surface area contributed by atoms with E-state index in [1.807, 2.05) is 0 Å². The zero-order valence-electron chi connectivity index (χ0n) is 11.9. The van der Waals surface area contributed by atoms with Gasteiger partial charge in [0.2, 0.25) is 0 Å². The number of hydrogen-bond acceptors (Lipinski definition) is 4. The van der Waals surface area contributed by atoms with Crippen molar-refractivity contribution in [2.75, 3.05) is 27.8 Å². The summed E-state index contributed by atoms with van der Waals surface area (Å²) in [6, 6.07) is 4.95. The summed E-state index contributed by atoms with van der Waals surface area (Å²) in [4.78, 5) is 24.2. The number of carboxylic acids is 1. The summed E-state index contributed by atoms with van der Waals surface area (Å²) in [6.07, 6.45) is 0.452. The van der Waals surface area contributed by atoms with Gasteiger partial charge in [-0.3, -0.25) is 9.59 Å². The Bertz CT molecular complexity index is 486. The lowest BCUT2D eigenvalue weighted by Crippen LogP contribution is -2.28. The molecule has 1 N–H and O–H groups in total. The van der Waals surface area contributed by atoms with Crippen molar-refractivity contribution in [3.63, 3.8) is 0 Å². The molecule has 0 heterocycles. The van der Waals surface area contributed by atoms with Crippen molar-refractivity contribution in [3.8, 4) is 11.5 Å². The lowest BCUT2D eigenvalue weighted by molar-refractivity contribution is -0.137. The molecule has 20 heavy (non-hydrogen) atoms. The minimum absolute atomic E-state index is 0.0391. The fourth-order valence-corrected chi connectivity index (χ4v) is 1.75. The largest absolute Gasteiger partial charge is 0.497 e. The number of hydrogen-bond donors (Lipinski definition) is 1. The van der Waals surface area contributed by atoms with Gasteiger partial charge in [-0.2, -0.15) is 0 Å². The average molecular weight is 281 g/mol. The van der Waals surface area contributed by atoms with E-state index >= 15 is 0 Å². The van der Waals surface area contributed by atoms with Gasteiger partial charge in [0.25, 0.3) is 5.91 Å². The highest BCUT2D eigenvalue weighted by atomic mass is 16.5. The number of methoxy groups -OCH3 is 2. The Morgan fingerprint density at radius 2 is 1.95 bits per heavy atom. The highest BCUT2D eigenvalue weighted by Crippen LogP contribution is 2.25. The first-order valence-electron chi connectivity index (χ1n) is 6.19. The lowest BCUT2D eigenvalue weighted by atomic mass is 10.1. The second-order valence-electron chi connectivity index (χ2n) is 4.29. The van der Waals surface area contributed by atoms with Gasteiger partial charge in [-0.15, -0.1) is 0 Å². The molecule has 0 aromatic heterocycles. The predicted molar refractivity (Wildman–Crippen MR) is 73.4 cm³/mol. The van der Waals surface area contributed by atoms with E-state index in [1.165, 1.54) is 19.1 Å². The van der Waals surface area contributed by atoms with E-state index in [-0.39, 0.29) is 12.3 Å². The number of amides is 1. The maximum absolute atomic E-state index is 12.3. The highest BCUT2D eigenvalue weighted by Gasteiger charge is 2.17. The van der Waals surface area contributed by atoms with Gasteiger partial charge in [-0.05, 0) is 18.6 Å². The van der Waals surface area contributed by atoms with E-state index in [1.54, 1.807) is 25.2 Å². The molecule has 0 aliphatic heterocycles. The van der Waals surface area contributed by atoms with Crippen LogP contribution in [0.2, 0.25) is 0 Å². The molecule has 0 fully saturated rings. The van der Waals surface area contributed by atoms with E-state index in [9.17, 15) is 9.59 Å². The summed E-state index contributed by atoms with van der Waals surface area (Å²) in [7, 11) is 4.65. The molecule has 0 spiro atoms. The molecule has 0 radical (unpaired) electrons. The van der Waals surface area contributed by atoms with Crippen LogP contribution in [0, 0.1) is 0 Å². The van der Waals surface area contributed by atoms with Gasteiger partial charge < -0.3 is 19.5 Å². The number of carbonyl (C=O) groups is 2. The number of carbonyl (C=O) groups excluding carboxylic acids is 1. The Balaban J connectivity index is 2.77. The van der Waals surface area contributed by atoms with Crippen LogP contribution in [0.25, 0.3) is 0 Å². The molecule has 1 amide bonds. The molecule has 0 aliphatic rings. The van der Waals surface area contributed by atoms with Gasteiger partial charge in [0, 0.05) is 26.1 Å². The SMILES string of the molecule is COc1ccc(C(=O)N(C)CCCC(=O)O)c(OC)c1. The summed E-state index contributed by atoms with van der Waals surface area (Å²) >= 11 is 0. The lowest BCUT2D eigenvalue weighted by Gasteiger charge is -2.18. The van der Waals surface area contributed by atoms with Gasteiger partial charge in [0.05, 0.1) is 19.8 Å². The number of ether oxygens (including phenoxy) is 2. The van der Waals surface area contributed by atoms with Gasteiger partial charge in [-0.25, -0.2) is 0 Å². The van der Waals surface area contributed by atoms with Crippen LogP contribution < -0.4 is 9.47 Å². The van der Waals surface area contributed by atoms with Crippen molar-refractivity contribution in [2.45, 2.75) is 12.8 Å². The Kier molecular flexibility index (Phi) is 5.83. The van der Waals surface area contributed by atoms with Crippen LogP contribution in [0.15, 0.2) is 18.2 Å². The molecule has 6 heteroatoms. The zero-order chi connectivity index (χ0) is 15.1. The Morgan fingerprint density at radius 1 is 1.25 bits per heavy atom. The topological polar surface area (TPSA) is 76.1 Å². The van der Waals surface area contributed by atoms with Gasteiger partial charge in [-0.1, -0.05) is 0 Å². The molecule has 110 valence electrons. The van der Waals surface area contributed by atoms with Crippen LogP contribution >= 0.6 is 0 Å². The van der Waals surface area contributed by atoms with E-state index < -0.39 is 5.97 Å². The fraction of sp³-hybridized carbons (Fsp3) is 0.429. The number of rotatable bonds is 7. The van der Waals surface area contributed by atoms with Crippen LogP contribution in [-0.4, -0.2) is 49.7 Å². The van der Waals surface area contributed by atoms with E-state index in [4.69, 9.17) is 14.6 Å². The summed E-state index contributed by atoms with van der Waals surface area (Å²) in [5, 5.41) is 8.58. The molecule has 1 aromatic rings. The van der Waals surface area contributed by atoms with E-state index in [0.29, 0.717) is 30.0 Å². The van der Waals surface area contributed by atoms with Crippen LogP contribution in [0.3, 0.4) is 0 Å². The Labute approximate surface area is 117 Å². The molecule has 0 saturated heterocycles. The van der Waals surface area contributed by atoms with Crippen molar-refractivity contribution in [2.24, 2.45) is 0 Å². The minimum Gasteiger partial charge on any atom is -0.497 e. The second-order valence-corrected chi connectivity index (χ2v) is 4.29. The first kappa shape index (κ1) is 15.8. The molecule has 0 aliphatic carbocycles. The predicted octanol–water partition coefficient (Wildman–Crippen LogP) is 1.64. The van der Waals surface area contributed by atoms with Gasteiger partial charge in [0.1, 0.15) is 11.5 Å². The summed E-state index contributed by atoms with van der Waals surface area (Å²) in [5.41, 5.74) is 0.422. The molecule has 0 atom stereocenters. The molecule has 0 unspecified atom stereocenters. The smallest absolute Gasteiger partial charge is 0.303 e. The van der Waals surface area contributed by atoms with Gasteiger partial charge in [0.15, 0.2) is 0 Å². The van der Waals surface area contributed by atoms with Crippen molar-refractivity contribution >= 4 is 11.9 Å². The summed E-state index contributed by atoms with van der Waals surface area (Å²) in [5.74, 6) is -0.0471. The first-order chi connectivity index (χ1) is 9.49. The molecule has 1 rings (SSSR count). The quantitative estimate of drug-likeness (QED) is 0.822. The van der Waals surface area contributed by atoms with Crippen LogP contribution in [0.1, 0.15) is 23.2 Å². The minimum atomic E-state index is -0.868. The third kappa shape index (κ3) is 4.15. The molecule has 0 bridgehead atoms. The highest BCUT2D eigenvalue weighted by molar-refractivity contribution is 5.97. The van der Waals surface area contributed by atoms with Gasteiger partial charge >= 0.3 is 5.97 Å². The second kappa shape index (κ2) is 7.37. The summed E-state index contributed by atoms with van der Waals surface area (Å²) in [6.45, 7) is 0.375. The van der Waals surface area contributed by atoms with Crippen molar-refractivity contribution < 1.29 is 24.2 Å². The first-order valence-corrected chi connectivity index (χ1v) is 6.19. The van der Waals surface area contributed by atoms with Crippen LogP contribution in [-0.2, 0) is 4.79 Å². The fourth-order valence-electron chi connectivity index (χ4n) is 1.75. The number of benzene rings is 1. The van der Waals surface area contributed by atoms with Crippen molar-refractivity contribution in [1.29, 1.82) is 0 Å². The molecular weight excluding hydrogens is 262 g/mol. The summed E-state index contributed by atoms with van der Waals surface area (Å²) < 4.78 is 10.3. The van der Waals surface area contributed by atoms with Crippen LogP contribution in [0.5, 0.6) is 11.5 Å². The normalized spacial score (nSPS) is 9.95. The molecule has 1 aromatic carbocycles. The standard InChI is InChI=1S/C14H19NO5/c1-15(8-4-5-13(16)17)14(18)11-7-6-10(19-2)9-12(11)20-3/h6-7,9H,4-5,8H2,1-3H3,(H,16,17). The average Bonchev–Trinajstić information content (AvgIpc) is 2.45. The van der Waals surface area contributed by atoms with Crippen molar-refractivity contribution in [3.05, 3.63) is 23.8 Å². The Morgan fingerprint density at radius 3 is 2.50 bits per heavy atom. The Hall–Kier alpha value is -2.24. The number of aliphatic carboxylic acids is 1. The molecular formula is C14H19NO5. The zero-order valence-corrected chi connectivity index (χ0v) is 11.9. The van der Waals surface area contributed by atoms with E-state index in [2.05, 4.69) is 0 Å². The number of carboxylic acid groups (broad SMARTS) is 1. The van der Waals surface area contributed by atoms with E-state index in [0.717, 1.165) is 0 Å². The number of nitrogens with zero attached hydrogens (tertiary/aromatic N) is 1. The monoisotopic (exact) mass is 281 g/mol. The maximum atomic E-state index is 12.3.